The third kappa shape index (κ3) is 3.19. The molecule has 2 rings (SSSR count). The number of hydrogen-bond donors (Lipinski definition) is 1. The molecule has 2 heterocycles. The SMILES string of the molecule is CCc1ccc(C(C)NC(C)c2ncc(C)s2)s1. The van der Waals surface area contributed by atoms with Crippen LogP contribution in [0.3, 0.4) is 0 Å². The van der Waals surface area contributed by atoms with E-state index in [2.05, 4.69) is 50.1 Å². The zero-order chi connectivity index (χ0) is 13.1. The summed E-state index contributed by atoms with van der Waals surface area (Å²) in [4.78, 5) is 8.58. The summed E-state index contributed by atoms with van der Waals surface area (Å²) in [5.74, 6) is 0. The monoisotopic (exact) mass is 280 g/mol. The molecule has 0 bridgehead atoms. The lowest BCUT2D eigenvalue weighted by Crippen LogP contribution is -2.21. The van der Waals surface area contributed by atoms with Crippen molar-refractivity contribution in [2.45, 2.75) is 46.2 Å². The smallest absolute Gasteiger partial charge is 0.109 e. The second-order valence-corrected chi connectivity index (χ2v) is 7.04. The van der Waals surface area contributed by atoms with Gasteiger partial charge in [-0.15, -0.1) is 22.7 Å². The predicted octanol–water partition coefficient (Wildman–Crippen LogP) is 4.49. The Balaban J connectivity index is 2.00. The summed E-state index contributed by atoms with van der Waals surface area (Å²) in [5.41, 5.74) is 0. The molecule has 18 heavy (non-hydrogen) atoms. The summed E-state index contributed by atoms with van der Waals surface area (Å²) < 4.78 is 0. The third-order valence-electron chi connectivity index (χ3n) is 2.97. The molecule has 0 aliphatic carbocycles. The van der Waals surface area contributed by atoms with Crippen LogP contribution in [0, 0.1) is 6.92 Å². The maximum atomic E-state index is 4.44. The van der Waals surface area contributed by atoms with E-state index in [1.165, 1.54) is 19.6 Å². The minimum atomic E-state index is 0.311. The quantitative estimate of drug-likeness (QED) is 0.873. The average molecular weight is 280 g/mol. The number of thiophene rings is 1. The Labute approximate surface area is 117 Å². The van der Waals surface area contributed by atoms with Gasteiger partial charge in [0, 0.05) is 26.9 Å². The first-order valence-corrected chi connectivity index (χ1v) is 8.00. The van der Waals surface area contributed by atoms with Crippen LogP contribution in [-0.4, -0.2) is 4.98 Å². The zero-order valence-corrected chi connectivity index (χ0v) is 13.0. The van der Waals surface area contributed by atoms with E-state index in [9.17, 15) is 0 Å². The molecule has 0 saturated carbocycles. The number of aromatic nitrogens is 1. The van der Waals surface area contributed by atoms with Crippen LogP contribution in [-0.2, 0) is 6.42 Å². The highest BCUT2D eigenvalue weighted by Crippen LogP contribution is 2.27. The van der Waals surface area contributed by atoms with Crippen LogP contribution < -0.4 is 5.32 Å². The molecule has 2 aromatic heterocycles. The fourth-order valence-corrected chi connectivity index (χ4v) is 3.67. The van der Waals surface area contributed by atoms with E-state index < -0.39 is 0 Å². The van der Waals surface area contributed by atoms with Crippen LogP contribution in [0.15, 0.2) is 18.3 Å². The van der Waals surface area contributed by atoms with Gasteiger partial charge in [-0.25, -0.2) is 4.98 Å². The van der Waals surface area contributed by atoms with Gasteiger partial charge >= 0.3 is 0 Å². The second-order valence-electron chi connectivity index (χ2n) is 4.58. The van der Waals surface area contributed by atoms with Crippen molar-refractivity contribution in [1.29, 1.82) is 0 Å². The highest BCUT2D eigenvalue weighted by atomic mass is 32.1. The van der Waals surface area contributed by atoms with Gasteiger partial charge in [-0.2, -0.15) is 0 Å². The number of rotatable bonds is 5. The Bertz CT molecular complexity index is 501. The standard InChI is InChI=1S/C14H20N2S2/c1-5-12-6-7-13(18-12)10(3)16-11(4)14-15-8-9(2)17-14/h6-8,10-11,16H,5H2,1-4H3. The highest BCUT2D eigenvalue weighted by molar-refractivity contribution is 7.12. The molecule has 0 amide bonds. The van der Waals surface area contributed by atoms with Crippen LogP contribution in [0.5, 0.6) is 0 Å². The van der Waals surface area contributed by atoms with Gasteiger partial charge in [0.2, 0.25) is 0 Å². The minimum Gasteiger partial charge on any atom is -0.301 e. The zero-order valence-electron chi connectivity index (χ0n) is 11.4. The van der Waals surface area contributed by atoms with Crippen molar-refractivity contribution in [2.24, 2.45) is 0 Å². The maximum Gasteiger partial charge on any atom is 0.109 e. The summed E-state index contributed by atoms with van der Waals surface area (Å²) in [6.45, 7) is 8.71. The van der Waals surface area contributed by atoms with E-state index in [1.807, 2.05) is 17.5 Å². The first-order chi connectivity index (χ1) is 8.60. The first-order valence-electron chi connectivity index (χ1n) is 6.37. The van der Waals surface area contributed by atoms with Crippen LogP contribution in [0.1, 0.15) is 52.5 Å². The van der Waals surface area contributed by atoms with Crippen LogP contribution in [0.25, 0.3) is 0 Å². The molecule has 2 atom stereocenters. The summed E-state index contributed by atoms with van der Waals surface area (Å²) in [6, 6.07) is 5.16. The number of aryl methyl sites for hydroxylation is 2. The molecule has 0 fully saturated rings. The van der Waals surface area contributed by atoms with Gasteiger partial charge in [0.1, 0.15) is 5.01 Å². The predicted molar refractivity (Wildman–Crippen MR) is 80.5 cm³/mol. The van der Waals surface area contributed by atoms with Gasteiger partial charge in [0.25, 0.3) is 0 Å². The highest BCUT2D eigenvalue weighted by Gasteiger charge is 2.14. The van der Waals surface area contributed by atoms with Gasteiger partial charge in [0.15, 0.2) is 0 Å². The lowest BCUT2D eigenvalue weighted by Gasteiger charge is -2.17. The first kappa shape index (κ1) is 13.7. The second kappa shape index (κ2) is 5.95. The third-order valence-corrected chi connectivity index (χ3v) is 5.48. The molecule has 0 aliphatic heterocycles. The molecule has 2 unspecified atom stereocenters. The minimum absolute atomic E-state index is 0.311. The number of nitrogens with one attached hydrogen (secondary N) is 1. The number of thiazole rings is 1. The van der Waals surface area contributed by atoms with Crippen molar-refractivity contribution >= 4 is 22.7 Å². The lowest BCUT2D eigenvalue weighted by molar-refractivity contribution is 0.498. The summed E-state index contributed by atoms with van der Waals surface area (Å²) >= 11 is 3.68. The Morgan fingerprint density at radius 2 is 2.00 bits per heavy atom. The van der Waals surface area contributed by atoms with E-state index >= 15 is 0 Å². The van der Waals surface area contributed by atoms with Gasteiger partial charge in [0.05, 0.1) is 6.04 Å². The fraction of sp³-hybridized carbons (Fsp3) is 0.500. The van der Waals surface area contributed by atoms with Crippen LogP contribution >= 0.6 is 22.7 Å². The molecule has 2 nitrogen and oxygen atoms in total. The van der Waals surface area contributed by atoms with E-state index in [-0.39, 0.29) is 0 Å². The van der Waals surface area contributed by atoms with Gasteiger partial charge < -0.3 is 5.32 Å². The van der Waals surface area contributed by atoms with E-state index in [4.69, 9.17) is 0 Å². The van der Waals surface area contributed by atoms with E-state index in [0.717, 1.165) is 6.42 Å². The van der Waals surface area contributed by atoms with E-state index in [0.29, 0.717) is 12.1 Å². The molecule has 4 heteroatoms. The van der Waals surface area contributed by atoms with Crippen molar-refractivity contribution in [1.82, 2.24) is 10.3 Å². The molecule has 98 valence electrons. The number of hydrogen-bond acceptors (Lipinski definition) is 4. The van der Waals surface area contributed by atoms with Crippen LogP contribution in [0.2, 0.25) is 0 Å². The van der Waals surface area contributed by atoms with Crippen molar-refractivity contribution in [3.05, 3.63) is 38.0 Å². The molecule has 0 aliphatic rings. The van der Waals surface area contributed by atoms with Gasteiger partial charge in [-0.05, 0) is 39.3 Å². The summed E-state index contributed by atoms with van der Waals surface area (Å²) in [5, 5.41) is 4.79. The summed E-state index contributed by atoms with van der Waals surface area (Å²) in [7, 11) is 0. The van der Waals surface area contributed by atoms with Crippen LogP contribution in [0.4, 0.5) is 0 Å². The topological polar surface area (TPSA) is 24.9 Å². The molecular formula is C14H20N2S2. The fourth-order valence-electron chi connectivity index (χ4n) is 1.92. The number of nitrogens with zero attached hydrogens (tertiary/aromatic N) is 1. The Morgan fingerprint density at radius 1 is 1.22 bits per heavy atom. The summed E-state index contributed by atoms with van der Waals surface area (Å²) in [6.07, 6.45) is 3.07. The Kier molecular flexibility index (Phi) is 4.54. The molecule has 2 aromatic rings. The van der Waals surface area contributed by atoms with Gasteiger partial charge in [-0.3, -0.25) is 0 Å². The molecule has 0 aromatic carbocycles. The normalized spacial score (nSPS) is 14.7. The van der Waals surface area contributed by atoms with Crippen molar-refractivity contribution in [2.75, 3.05) is 0 Å². The van der Waals surface area contributed by atoms with E-state index in [1.54, 1.807) is 11.3 Å². The molecular weight excluding hydrogens is 260 g/mol. The molecule has 0 saturated heterocycles. The average Bonchev–Trinajstić information content (AvgIpc) is 2.97. The molecule has 0 radical (unpaired) electrons. The van der Waals surface area contributed by atoms with Crippen molar-refractivity contribution in [3.8, 4) is 0 Å². The van der Waals surface area contributed by atoms with Gasteiger partial charge in [-0.1, -0.05) is 6.92 Å². The Morgan fingerprint density at radius 3 is 2.56 bits per heavy atom. The lowest BCUT2D eigenvalue weighted by atomic mass is 10.2. The molecule has 0 spiro atoms. The van der Waals surface area contributed by atoms with Crippen molar-refractivity contribution < 1.29 is 0 Å². The molecule has 1 N–H and O–H groups in total. The van der Waals surface area contributed by atoms with Crippen molar-refractivity contribution in [3.63, 3.8) is 0 Å². The Hall–Kier alpha value is -0.710. The maximum absolute atomic E-state index is 4.44. The largest absolute Gasteiger partial charge is 0.301 e.